The van der Waals surface area contributed by atoms with Crippen molar-refractivity contribution in [2.75, 3.05) is 18.8 Å². The van der Waals surface area contributed by atoms with Gasteiger partial charge in [0.1, 0.15) is 0 Å². The zero-order valence-corrected chi connectivity index (χ0v) is 18.7. The van der Waals surface area contributed by atoms with E-state index in [0.29, 0.717) is 0 Å². The average Bonchev–Trinajstić information content (AvgIpc) is 2.79. The van der Waals surface area contributed by atoms with Gasteiger partial charge in [-0.3, -0.25) is 9.69 Å². The van der Waals surface area contributed by atoms with E-state index in [4.69, 9.17) is 0 Å². The molecule has 2 aliphatic rings. The second-order valence-corrected chi connectivity index (χ2v) is 9.88. The topological polar surface area (TPSA) is 40.5 Å². The molecular formula is C26H33NO2S. The Morgan fingerprint density at radius 1 is 1.03 bits per heavy atom. The number of hydrogen-bond donors (Lipinski definition) is 1. The molecule has 0 aromatic heterocycles. The normalized spacial score (nSPS) is 22.6. The molecule has 30 heavy (non-hydrogen) atoms. The van der Waals surface area contributed by atoms with Gasteiger partial charge in [-0.1, -0.05) is 49.7 Å². The molecule has 0 amide bonds. The number of nitrogens with zero attached hydrogens (tertiary/aromatic N) is 1. The molecule has 0 saturated carbocycles. The molecule has 160 valence electrons. The van der Waals surface area contributed by atoms with Gasteiger partial charge in [0.15, 0.2) is 5.78 Å². The lowest BCUT2D eigenvalue weighted by Crippen LogP contribution is -2.51. The van der Waals surface area contributed by atoms with Crippen LogP contribution in [-0.4, -0.2) is 46.8 Å². The van der Waals surface area contributed by atoms with E-state index >= 15 is 0 Å². The van der Waals surface area contributed by atoms with E-state index < -0.39 is 0 Å². The van der Waals surface area contributed by atoms with Gasteiger partial charge in [-0.15, -0.1) is 11.8 Å². The van der Waals surface area contributed by atoms with E-state index in [9.17, 15) is 9.90 Å². The monoisotopic (exact) mass is 423 g/mol. The second-order valence-electron chi connectivity index (χ2n) is 8.71. The van der Waals surface area contributed by atoms with Gasteiger partial charge in [-0.05, 0) is 67.8 Å². The minimum atomic E-state index is -0.315. The maximum Gasteiger partial charge on any atom is 0.166 e. The minimum absolute atomic E-state index is 0.105. The van der Waals surface area contributed by atoms with Crippen LogP contribution in [0, 0.1) is 5.92 Å². The summed E-state index contributed by atoms with van der Waals surface area (Å²) in [5.74, 6) is 1.53. The van der Waals surface area contributed by atoms with Crippen LogP contribution in [0.5, 0.6) is 0 Å². The summed E-state index contributed by atoms with van der Waals surface area (Å²) in [6.45, 7) is 4.00. The number of hydrogen-bond acceptors (Lipinski definition) is 4. The third kappa shape index (κ3) is 4.99. The van der Waals surface area contributed by atoms with Crippen LogP contribution < -0.4 is 0 Å². The number of Topliss-reactive ketones (excluding diaryl/α,β-unsaturated/α-hetero) is 1. The van der Waals surface area contributed by atoms with E-state index in [2.05, 4.69) is 48.2 Å². The number of aliphatic hydroxyl groups excluding tert-OH is 1. The first kappa shape index (κ1) is 21.6. The summed E-state index contributed by atoms with van der Waals surface area (Å²) < 4.78 is 0. The predicted molar refractivity (Wildman–Crippen MR) is 124 cm³/mol. The van der Waals surface area contributed by atoms with Gasteiger partial charge in [0.2, 0.25) is 0 Å². The van der Waals surface area contributed by atoms with Crippen LogP contribution in [0.3, 0.4) is 0 Å². The van der Waals surface area contributed by atoms with Crippen LogP contribution in [0.1, 0.15) is 54.1 Å². The molecule has 1 fully saturated rings. The highest BCUT2D eigenvalue weighted by molar-refractivity contribution is 7.99. The zero-order valence-electron chi connectivity index (χ0n) is 17.9. The van der Waals surface area contributed by atoms with E-state index in [1.807, 2.05) is 23.9 Å². The maximum absolute atomic E-state index is 13.0. The molecule has 2 unspecified atom stereocenters. The molecule has 2 aromatic rings. The number of piperidine rings is 1. The fraction of sp³-hybridized carbons (Fsp3) is 0.500. The van der Waals surface area contributed by atoms with E-state index in [-0.39, 0.29) is 23.8 Å². The molecule has 1 aliphatic carbocycles. The van der Waals surface area contributed by atoms with Gasteiger partial charge in [-0.25, -0.2) is 0 Å². The SMILES string of the molecule is CCCCSc1ccc(C(=O)C2CCN(C3Cc4ccccc4CC3O)CC2)cc1. The van der Waals surface area contributed by atoms with Crippen molar-refractivity contribution < 1.29 is 9.90 Å². The third-order valence-electron chi connectivity index (χ3n) is 6.70. The molecule has 0 bridgehead atoms. The summed E-state index contributed by atoms with van der Waals surface area (Å²) in [7, 11) is 0. The molecule has 1 saturated heterocycles. The lowest BCUT2D eigenvalue weighted by Gasteiger charge is -2.41. The third-order valence-corrected chi connectivity index (χ3v) is 7.79. The Morgan fingerprint density at radius 2 is 1.70 bits per heavy atom. The van der Waals surface area contributed by atoms with Gasteiger partial charge in [0, 0.05) is 28.8 Å². The van der Waals surface area contributed by atoms with Crippen molar-refractivity contribution in [1.82, 2.24) is 4.90 Å². The summed E-state index contributed by atoms with van der Waals surface area (Å²) in [5, 5.41) is 10.7. The fourth-order valence-electron chi connectivity index (χ4n) is 4.83. The summed E-state index contributed by atoms with van der Waals surface area (Å²) in [6, 6.07) is 16.8. The summed E-state index contributed by atoms with van der Waals surface area (Å²) in [5.41, 5.74) is 3.49. The molecule has 1 aliphatic heterocycles. The molecule has 1 heterocycles. The molecule has 3 nitrogen and oxygen atoms in total. The fourth-order valence-corrected chi connectivity index (χ4v) is 5.83. The summed E-state index contributed by atoms with van der Waals surface area (Å²) in [6.07, 6.45) is 5.55. The molecule has 4 heteroatoms. The standard InChI is InChI=1S/C26H33NO2S/c1-2-3-16-30-23-10-8-19(9-11-23)26(29)20-12-14-27(15-13-20)24-17-21-6-4-5-7-22(21)18-25(24)28/h4-11,20,24-25,28H,2-3,12-18H2,1H3. The minimum Gasteiger partial charge on any atom is -0.391 e. The van der Waals surface area contributed by atoms with Crippen LogP contribution in [0.4, 0.5) is 0 Å². The number of ketones is 1. The Balaban J connectivity index is 1.31. The Labute approximate surface area is 184 Å². The highest BCUT2D eigenvalue weighted by atomic mass is 32.2. The smallest absolute Gasteiger partial charge is 0.166 e. The van der Waals surface area contributed by atoms with Gasteiger partial charge < -0.3 is 5.11 Å². The molecular weight excluding hydrogens is 390 g/mol. The molecule has 0 radical (unpaired) electrons. The van der Waals surface area contributed by atoms with Crippen LogP contribution >= 0.6 is 11.8 Å². The molecule has 2 atom stereocenters. The van der Waals surface area contributed by atoms with Crippen molar-refractivity contribution in [1.29, 1.82) is 0 Å². The molecule has 4 rings (SSSR count). The van der Waals surface area contributed by atoms with Gasteiger partial charge in [0.25, 0.3) is 0 Å². The zero-order chi connectivity index (χ0) is 20.9. The first-order valence-electron chi connectivity index (χ1n) is 11.4. The van der Waals surface area contributed by atoms with Crippen LogP contribution in [0.2, 0.25) is 0 Å². The number of thioether (sulfide) groups is 1. The van der Waals surface area contributed by atoms with Gasteiger partial charge >= 0.3 is 0 Å². The second kappa shape index (κ2) is 10.1. The highest BCUT2D eigenvalue weighted by Gasteiger charge is 2.35. The largest absolute Gasteiger partial charge is 0.391 e. The average molecular weight is 424 g/mol. The lowest BCUT2D eigenvalue weighted by molar-refractivity contribution is 0.0239. The summed E-state index contributed by atoms with van der Waals surface area (Å²) in [4.78, 5) is 16.7. The number of likely N-dealkylation sites (tertiary alicyclic amines) is 1. The van der Waals surface area contributed by atoms with Crippen LogP contribution in [0.15, 0.2) is 53.4 Å². The van der Waals surface area contributed by atoms with Crippen molar-refractivity contribution in [3.63, 3.8) is 0 Å². The number of benzene rings is 2. The quantitative estimate of drug-likeness (QED) is 0.386. The number of aliphatic hydroxyl groups is 1. The molecule has 1 N–H and O–H groups in total. The maximum atomic E-state index is 13.0. The lowest BCUT2D eigenvalue weighted by atomic mass is 9.83. The Bertz CT molecular complexity index is 842. The van der Waals surface area contributed by atoms with Crippen molar-refractivity contribution in [2.24, 2.45) is 5.92 Å². The van der Waals surface area contributed by atoms with Gasteiger partial charge in [-0.2, -0.15) is 0 Å². The first-order chi connectivity index (χ1) is 14.7. The molecule has 2 aromatic carbocycles. The van der Waals surface area contributed by atoms with E-state index in [0.717, 1.165) is 50.1 Å². The van der Waals surface area contributed by atoms with E-state index in [1.165, 1.54) is 28.9 Å². The molecule has 0 spiro atoms. The van der Waals surface area contributed by atoms with Crippen molar-refractivity contribution in [2.45, 2.75) is 62.5 Å². The predicted octanol–water partition coefficient (Wildman–Crippen LogP) is 5.00. The number of carbonyl (C=O) groups excluding carboxylic acids is 1. The Kier molecular flexibility index (Phi) is 7.29. The highest BCUT2D eigenvalue weighted by Crippen LogP contribution is 2.30. The number of rotatable bonds is 7. The van der Waals surface area contributed by atoms with Gasteiger partial charge in [0.05, 0.1) is 6.10 Å². The summed E-state index contributed by atoms with van der Waals surface area (Å²) >= 11 is 1.87. The van der Waals surface area contributed by atoms with Crippen LogP contribution in [-0.2, 0) is 12.8 Å². The van der Waals surface area contributed by atoms with Crippen molar-refractivity contribution in [3.05, 3.63) is 65.2 Å². The van der Waals surface area contributed by atoms with Crippen molar-refractivity contribution >= 4 is 17.5 Å². The van der Waals surface area contributed by atoms with Crippen molar-refractivity contribution in [3.8, 4) is 0 Å². The van der Waals surface area contributed by atoms with Crippen LogP contribution in [0.25, 0.3) is 0 Å². The number of fused-ring (bicyclic) bond motifs is 1. The first-order valence-corrected chi connectivity index (χ1v) is 12.4. The Morgan fingerprint density at radius 3 is 2.37 bits per heavy atom. The number of carbonyl (C=O) groups is 1. The Hall–Kier alpha value is -1.62. The van der Waals surface area contributed by atoms with E-state index in [1.54, 1.807) is 0 Å². The number of unbranched alkanes of at least 4 members (excludes halogenated alkanes) is 1.